The summed E-state index contributed by atoms with van der Waals surface area (Å²) in [5.41, 5.74) is 6.62. The van der Waals surface area contributed by atoms with Crippen molar-refractivity contribution in [1.29, 1.82) is 0 Å². The lowest BCUT2D eigenvalue weighted by molar-refractivity contribution is 0.290. The molecule has 2 rings (SSSR count). The standard InChI is InChI=1S/C16H12Cl2FNO/c17-13-4-5-14(18)12(9-13)10-21-16-8-11(2-1-7-20)3-6-15(16)19/h3-6,8-9H,7,10,20H2. The molecule has 0 spiro atoms. The lowest BCUT2D eigenvalue weighted by Gasteiger charge is -2.09. The van der Waals surface area contributed by atoms with Crippen molar-refractivity contribution >= 4 is 23.2 Å². The third-order valence-corrected chi connectivity index (χ3v) is 3.26. The number of halogens is 3. The molecule has 0 amide bonds. The maximum Gasteiger partial charge on any atom is 0.165 e. The number of rotatable bonds is 3. The van der Waals surface area contributed by atoms with Gasteiger partial charge in [-0.05, 0) is 36.4 Å². The fourth-order valence-corrected chi connectivity index (χ4v) is 2.02. The van der Waals surface area contributed by atoms with Crippen molar-refractivity contribution in [3.05, 3.63) is 63.4 Å². The summed E-state index contributed by atoms with van der Waals surface area (Å²) in [5.74, 6) is 5.16. The van der Waals surface area contributed by atoms with Crippen molar-refractivity contribution in [2.24, 2.45) is 5.73 Å². The second-order valence-electron chi connectivity index (χ2n) is 4.18. The zero-order valence-corrected chi connectivity index (χ0v) is 12.5. The molecule has 0 unspecified atom stereocenters. The maximum atomic E-state index is 13.7. The Balaban J connectivity index is 2.17. The van der Waals surface area contributed by atoms with Gasteiger partial charge in [0.05, 0.1) is 6.54 Å². The van der Waals surface area contributed by atoms with Crippen LogP contribution in [0.25, 0.3) is 0 Å². The number of ether oxygens (including phenoxy) is 1. The normalized spacial score (nSPS) is 9.90. The summed E-state index contributed by atoms with van der Waals surface area (Å²) in [6, 6.07) is 9.42. The molecule has 0 saturated carbocycles. The summed E-state index contributed by atoms with van der Waals surface area (Å²) in [6.45, 7) is 0.357. The molecule has 0 bridgehead atoms. The number of benzene rings is 2. The fraction of sp³-hybridized carbons (Fsp3) is 0.125. The van der Waals surface area contributed by atoms with Crippen LogP contribution in [0.15, 0.2) is 36.4 Å². The predicted molar refractivity (Wildman–Crippen MR) is 83.1 cm³/mol. The molecular weight excluding hydrogens is 312 g/mol. The number of hydrogen-bond donors (Lipinski definition) is 1. The SMILES string of the molecule is NCC#Cc1ccc(F)c(OCc2cc(Cl)ccc2Cl)c1. The highest BCUT2D eigenvalue weighted by atomic mass is 35.5. The zero-order chi connectivity index (χ0) is 15.2. The van der Waals surface area contributed by atoms with Gasteiger partial charge in [0.1, 0.15) is 6.61 Å². The van der Waals surface area contributed by atoms with E-state index in [-0.39, 0.29) is 18.9 Å². The van der Waals surface area contributed by atoms with Gasteiger partial charge in [-0.2, -0.15) is 0 Å². The first-order chi connectivity index (χ1) is 10.1. The molecule has 0 aromatic heterocycles. The van der Waals surface area contributed by atoms with E-state index < -0.39 is 5.82 Å². The average molecular weight is 324 g/mol. The van der Waals surface area contributed by atoms with Crippen molar-refractivity contribution in [3.63, 3.8) is 0 Å². The molecule has 0 fully saturated rings. The monoisotopic (exact) mass is 323 g/mol. The van der Waals surface area contributed by atoms with Crippen LogP contribution in [0, 0.1) is 17.7 Å². The Labute approximate surface area is 132 Å². The van der Waals surface area contributed by atoms with Crippen LogP contribution in [0.5, 0.6) is 5.75 Å². The highest BCUT2D eigenvalue weighted by molar-refractivity contribution is 6.33. The minimum atomic E-state index is -0.466. The first-order valence-electron chi connectivity index (χ1n) is 6.15. The van der Waals surface area contributed by atoms with Crippen molar-refractivity contribution in [3.8, 4) is 17.6 Å². The van der Waals surface area contributed by atoms with Crippen LogP contribution in [-0.4, -0.2) is 6.54 Å². The summed E-state index contributed by atoms with van der Waals surface area (Å²) < 4.78 is 19.2. The Kier molecular flexibility index (Phi) is 5.46. The predicted octanol–water partition coefficient (Wildman–Crippen LogP) is 4.02. The molecule has 2 nitrogen and oxygen atoms in total. The molecule has 2 aromatic rings. The van der Waals surface area contributed by atoms with Crippen LogP contribution in [0.2, 0.25) is 10.0 Å². The van der Waals surface area contributed by atoms with Gasteiger partial charge in [0.15, 0.2) is 11.6 Å². The van der Waals surface area contributed by atoms with E-state index in [1.165, 1.54) is 12.1 Å². The molecule has 0 aliphatic rings. The molecule has 0 atom stereocenters. The summed E-state index contributed by atoms with van der Waals surface area (Å²) in [4.78, 5) is 0. The molecule has 0 aliphatic heterocycles. The van der Waals surface area contributed by atoms with Gasteiger partial charge in [-0.25, -0.2) is 4.39 Å². The van der Waals surface area contributed by atoms with E-state index in [0.717, 1.165) is 0 Å². The third-order valence-electron chi connectivity index (χ3n) is 2.66. The van der Waals surface area contributed by atoms with Crippen LogP contribution in [0.4, 0.5) is 4.39 Å². The first-order valence-corrected chi connectivity index (χ1v) is 6.91. The molecule has 5 heteroatoms. The van der Waals surface area contributed by atoms with E-state index in [1.54, 1.807) is 24.3 Å². The van der Waals surface area contributed by atoms with Crippen LogP contribution in [0.3, 0.4) is 0 Å². The fourth-order valence-electron chi connectivity index (χ4n) is 1.65. The molecule has 2 aromatic carbocycles. The maximum absolute atomic E-state index is 13.7. The number of nitrogens with two attached hydrogens (primary N) is 1. The summed E-state index contributed by atoms with van der Waals surface area (Å²) in [6.07, 6.45) is 0. The quantitative estimate of drug-likeness (QED) is 0.866. The first kappa shape index (κ1) is 15.7. The third kappa shape index (κ3) is 4.37. The number of hydrogen-bond acceptors (Lipinski definition) is 2. The van der Waals surface area contributed by atoms with Crippen molar-refractivity contribution in [1.82, 2.24) is 0 Å². The van der Waals surface area contributed by atoms with Gasteiger partial charge in [-0.3, -0.25) is 0 Å². The van der Waals surface area contributed by atoms with Gasteiger partial charge >= 0.3 is 0 Å². The van der Waals surface area contributed by atoms with Gasteiger partial charge in [0, 0.05) is 21.2 Å². The highest BCUT2D eigenvalue weighted by Gasteiger charge is 2.07. The molecule has 108 valence electrons. The topological polar surface area (TPSA) is 35.2 Å². The molecule has 21 heavy (non-hydrogen) atoms. The molecule has 0 aliphatic carbocycles. The lowest BCUT2D eigenvalue weighted by atomic mass is 10.2. The highest BCUT2D eigenvalue weighted by Crippen LogP contribution is 2.24. The minimum absolute atomic E-state index is 0.106. The van der Waals surface area contributed by atoms with Gasteiger partial charge in [0.25, 0.3) is 0 Å². The van der Waals surface area contributed by atoms with E-state index >= 15 is 0 Å². The smallest absolute Gasteiger partial charge is 0.165 e. The van der Waals surface area contributed by atoms with Crippen LogP contribution < -0.4 is 10.5 Å². The van der Waals surface area contributed by atoms with Crippen molar-refractivity contribution < 1.29 is 9.13 Å². The van der Waals surface area contributed by atoms with Crippen LogP contribution >= 0.6 is 23.2 Å². The zero-order valence-electron chi connectivity index (χ0n) is 11.0. The lowest BCUT2D eigenvalue weighted by Crippen LogP contribution is -1.99. The average Bonchev–Trinajstić information content (AvgIpc) is 2.48. The summed E-state index contributed by atoms with van der Waals surface area (Å²) >= 11 is 11.9. The van der Waals surface area contributed by atoms with Gasteiger partial charge in [-0.15, -0.1) is 0 Å². The molecule has 0 radical (unpaired) electrons. The van der Waals surface area contributed by atoms with E-state index in [9.17, 15) is 4.39 Å². The van der Waals surface area contributed by atoms with Crippen LogP contribution in [0.1, 0.15) is 11.1 Å². The molecular formula is C16H12Cl2FNO. The van der Waals surface area contributed by atoms with E-state index in [2.05, 4.69) is 11.8 Å². The Hall–Kier alpha value is -1.73. The molecule has 2 N–H and O–H groups in total. The molecule has 0 heterocycles. The van der Waals surface area contributed by atoms with Gasteiger partial charge in [-0.1, -0.05) is 35.0 Å². The van der Waals surface area contributed by atoms with Crippen molar-refractivity contribution in [2.45, 2.75) is 6.61 Å². The Morgan fingerprint density at radius 3 is 2.71 bits per heavy atom. The second kappa shape index (κ2) is 7.33. The van der Waals surface area contributed by atoms with Gasteiger partial charge in [0.2, 0.25) is 0 Å². The van der Waals surface area contributed by atoms with E-state index in [1.807, 2.05) is 0 Å². The van der Waals surface area contributed by atoms with Gasteiger partial charge < -0.3 is 10.5 Å². The largest absolute Gasteiger partial charge is 0.486 e. The second-order valence-corrected chi connectivity index (χ2v) is 5.02. The van der Waals surface area contributed by atoms with Crippen molar-refractivity contribution in [2.75, 3.05) is 6.54 Å². The molecule has 0 saturated heterocycles. The summed E-state index contributed by atoms with van der Waals surface area (Å²) in [5, 5.41) is 1.06. The Morgan fingerprint density at radius 1 is 1.14 bits per heavy atom. The van der Waals surface area contributed by atoms with E-state index in [4.69, 9.17) is 33.7 Å². The minimum Gasteiger partial charge on any atom is -0.486 e. The Bertz CT molecular complexity index is 707. The summed E-state index contributed by atoms with van der Waals surface area (Å²) in [7, 11) is 0. The Morgan fingerprint density at radius 2 is 1.95 bits per heavy atom. The van der Waals surface area contributed by atoms with Crippen LogP contribution in [-0.2, 0) is 6.61 Å². The van der Waals surface area contributed by atoms with E-state index in [0.29, 0.717) is 21.2 Å².